The zero-order chi connectivity index (χ0) is 15.4. The van der Waals surface area contributed by atoms with E-state index in [0.717, 1.165) is 10.5 Å². The van der Waals surface area contributed by atoms with Gasteiger partial charge in [0.05, 0.1) is 17.6 Å². The first-order valence-electron chi connectivity index (χ1n) is 5.81. The summed E-state index contributed by atoms with van der Waals surface area (Å²) in [6.45, 7) is 0. The second-order valence-electron chi connectivity index (χ2n) is 3.99. The molecule has 0 fully saturated rings. The lowest BCUT2D eigenvalue weighted by Crippen LogP contribution is -2.09. The Morgan fingerprint density at radius 1 is 1.19 bits per heavy atom. The van der Waals surface area contributed by atoms with E-state index >= 15 is 0 Å². The SMILES string of the molecule is COc1ccc(C(=O)Oc2ccc(Br)cc2)cc1[N+](=O)[O-]. The van der Waals surface area contributed by atoms with Crippen LogP contribution in [0.25, 0.3) is 0 Å². The number of hydrogen-bond acceptors (Lipinski definition) is 5. The Hall–Kier alpha value is -2.41. The molecule has 7 heteroatoms. The van der Waals surface area contributed by atoms with Gasteiger partial charge in [0.1, 0.15) is 5.75 Å². The minimum Gasteiger partial charge on any atom is -0.490 e. The van der Waals surface area contributed by atoms with Crippen LogP contribution in [0.4, 0.5) is 5.69 Å². The van der Waals surface area contributed by atoms with Gasteiger partial charge in [0, 0.05) is 10.5 Å². The van der Waals surface area contributed by atoms with Crippen molar-refractivity contribution in [3.63, 3.8) is 0 Å². The molecule has 0 N–H and O–H groups in total. The minimum absolute atomic E-state index is 0.0745. The molecule has 0 aromatic heterocycles. The molecule has 0 saturated heterocycles. The highest BCUT2D eigenvalue weighted by molar-refractivity contribution is 9.10. The van der Waals surface area contributed by atoms with Gasteiger partial charge in [-0.05, 0) is 36.4 Å². The summed E-state index contributed by atoms with van der Waals surface area (Å²) in [4.78, 5) is 22.3. The number of nitro groups is 1. The molecule has 0 spiro atoms. The fourth-order valence-corrected chi connectivity index (χ4v) is 1.89. The quantitative estimate of drug-likeness (QED) is 0.364. The van der Waals surface area contributed by atoms with Crippen LogP contribution < -0.4 is 9.47 Å². The van der Waals surface area contributed by atoms with Crippen LogP contribution in [-0.2, 0) is 0 Å². The van der Waals surface area contributed by atoms with Crippen molar-refractivity contribution >= 4 is 27.6 Å². The normalized spacial score (nSPS) is 10.0. The lowest BCUT2D eigenvalue weighted by Gasteiger charge is -2.06. The number of hydrogen-bond donors (Lipinski definition) is 0. The second kappa shape index (κ2) is 6.36. The van der Waals surface area contributed by atoms with Gasteiger partial charge in [-0.3, -0.25) is 10.1 Å². The average Bonchev–Trinajstić information content (AvgIpc) is 2.48. The summed E-state index contributed by atoms with van der Waals surface area (Å²) in [5.74, 6) is -0.245. The number of ether oxygens (including phenoxy) is 2. The van der Waals surface area contributed by atoms with E-state index in [4.69, 9.17) is 9.47 Å². The van der Waals surface area contributed by atoms with E-state index in [9.17, 15) is 14.9 Å². The Labute approximate surface area is 128 Å². The van der Waals surface area contributed by atoms with Crippen molar-refractivity contribution in [3.05, 3.63) is 62.6 Å². The fraction of sp³-hybridized carbons (Fsp3) is 0.0714. The van der Waals surface area contributed by atoms with E-state index < -0.39 is 10.9 Å². The van der Waals surface area contributed by atoms with E-state index in [1.807, 2.05) is 0 Å². The third-order valence-electron chi connectivity index (χ3n) is 2.64. The maximum atomic E-state index is 12.0. The molecular formula is C14H10BrNO5. The molecule has 21 heavy (non-hydrogen) atoms. The number of halogens is 1. The van der Waals surface area contributed by atoms with Crippen LogP contribution in [0, 0.1) is 10.1 Å². The van der Waals surface area contributed by atoms with Crippen LogP contribution in [0.15, 0.2) is 46.9 Å². The van der Waals surface area contributed by atoms with Crippen molar-refractivity contribution in [1.29, 1.82) is 0 Å². The molecule has 0 atom stereocenters. The van der Waals surface area contributed by atoms with Crippen molar-refractivity contribution in [2.75, 3.05) is 7.11 Å². The van der Waals surface area contributed by atoms with Crippen molar-refractivity contribution in [1.82, 2.24) is 0 Å². The summed E-state index contributed by atoms with van der Waals surface area (Å²) in [6.07, 6.45) is 0. The first kappa shape index (κ1) is 15.0. The first-order valence-corrected chi connectivity index (χ1v) is 6.60. The topological polar surface area (TPSA) is 78.7 Å². The van der Waals surface area contributed by atoms with E-state index in [1.165, 1.54) is 19.2 Å². The Kier molecular flexibility index (Phi) is 4.54. The molecule has 0 radical (unpaired) electrons. The molecule has 108 valence electrons. The standard InChI is InChI=1S/C14H10BrNO5/c1-20-13-7-2-9(8-12(13)16(18)19)14(17)21-11-5-3-10(15)4-6-11/h2-8H,1H3. The van der Waals surface area contributed by atoms with E-state index in [1.54, 1.807) is 24.3 Å². The minimum atomic E-state index is -0.678. The molecule has 6 nitrogen and oxygen atoms in total. The number of carbonyl (C=O) groups is 1. The van der Waals surface area contributed by atoms with Crippen LogP contribution in [0.5, 0.6) is 11.5 Å². The average molecular weight is 352 g/mol. The molecule has 0 heterocycles. The van der Waals surface area contributed by atoms with Crippen molar-refractivity contribution < 1.29 is 19.2 Å². The summed E-state index contributed by atoms with van der Waals surface area (Å²) in [5, 5.41) is 10.9. The van der Waals surface area contributed by atoms with Gasteiger partial charge in [-0.15, -0.1) is 0 Å². The second-order valence-corrected chi connectivity index (χ2v) is 4.90. The number of rotatable bonds is 4. The number of methoxy groups -OCH3 is 1. The summed E-state index contributed by atoms with van der Waals surface area (Å²) in [5.41, 5.74) is -0.215. The van der Waals surface area contributed by atoms with Gasteiger partial charge in [0.15, 0.2) is 5.75 Å². The number of benzene rings is 2. The van der Waals surface area contributed by atoms with E-state index in [0.29, 0.717) is 5.75 Å². The summed E-state index contributed by atoms with van der Waals surface area (Å²) < 4.78 is 10.9. The van der Waals surface area contributed by atoms with E-state index in [2.05, 4.69) is 15.9 Å². The van der Waals surface area contributed by atoms with Crippen LogP contribution >= 0.6 is 15.9 Å². The third kappa shape index (κ3) is 3.57. The molecule has 2 rings (SSSR count). The molecule has 2 aromatic carbocycles. The highest BCUT2D eigenvalue weighted by Crippen LogP contribution is 2.28. The predicted molar refractivity (Wildman–Crippen MR) is 78.7 cm³/mol. The van der Waals surface area contributed by atoms with Crippen molar-refractivity contribution in [2.24, 2.45) is 0 Å². The van der Waals surface area contributed by atoms with Gasteiger partial charge >= 0.3 is 11.7 Å². The molecule has 0 bridgehead atoms. The predicted octanol–water partition coefficient (Wildman–Crippen LogP) is 3.59. The van der Waals surface area contributed by atoms with E-state index in [-0.39, 0.29) is 17.0 Å². The largest absolute Gasteiger partial charge is 0.490 e. The molecule has 0 aliphatic carbocycles. The van der Waals surface area contributed by atoms with Crippen molar-refractivity contribution in [2.45, 2.75) is 0 Å². The number of esters is 1. The highest BCUT2D eigenvalue weighted by Gasteiger charge is 2.19. The van der Waals surface area contributed by atoms with Gasteiger partial charge in [-0.2, -0.15) is 0 Å². The van der Waals surface area contributed by atoms with Crippen LogP contribution in [0.3, 0.4) is 0 Å². The van der Waals surface area contributed by atoms with Gasteiger partial charge < -0.3 is 9.47 Å². The highest BCUT2D eigenvalue weighted by atomic mass is 79.9. The molecular weight excluding hydrogens is 342 g/mol. The molecule has 0 unspecified atom stereocenters. The van der Waals surface area contributed by atoms with Gasteiger partial charge in [0.2, 0.25) is 0 Å². The number of carbonyl (C=O) groups excluding carboxylic acids is 1. The zero-order valence-electron chi connectivity index (χ0n) is 10.9. The van der Waals surface area contributed by atoms with Crippen LogP contribution in [-0.4, -0.2) is 18.0 Å². The maximum absolute atomic E-state index is 12.0. The smallest absolute Gasteiger partial charge is 0.343 e. The van der Waals surface area contributed by atoms with Gasteiger partial charge in [-0.1, -0.05) is 15.9 Å². The summed E-state index contributed by atoms with van der Waals surface area (Å²) in [7, 11) is 1.32. The summed E-state index contributed by atoms with van der Waals surface area (Å²) in [6, 6.07) is 10.6. The molecule has 0 aliphatic heterocycles. The van der Waals surface area contributed by atoms with Crippen LogP contribution in [0.2, 0.25) is 0 Å². The molecule has 0 saturated carbocycles. The Bertz CT molecular complexity index is 684. The molecule has 0 aliphatic rings. The Balaban J connectivity index is 2.25. The number of nitrogens with zero attached hydrogens (tertiary/aromatic N) is 1. The number of nitro benzene ring substituents is 1. The Morgan fingerprint density at radius 3 is 2.43 bits per heavy atom. The summed E-state index contributed by atoms with van der Waals surface area (Å²) >= 11 is 3.27. The first-order chi connectivity index (χ1) is 10.0. The van der Waals surface area contributed by atoms with Gasteiger partial charge in [0.25, 0.3) is 0 Å². The fourth-order valence-electron chi connectivity index (χ4n) is 1.63. The Morgan fingerprint density at radius 2 is 1.86 bits per heavy atom. The van der Waals surface area contributed by atoms with Crippen LogP contribution in [0.1, 0.15) is 10.4 Å². The zero-order valence-corrected chi connectivity index (χ0v) is 12.5. The molecule has 2 aromatic rings. The van der Waals surface area contributed by atoms with Gasteiger partial charge in [-0.25, -0.2) is 4.79 Å². The monoisotopic (exact) mass is 351 g/mol. The van der Waals surface area contributed by atoms with Crippen molar-refractivity contribution in [3.8, 4) is 11.5 Å². The molecule has 0 amide bonds. The lowest BCUT2D eigenvalue weighted by atomic mass is 10.2. The third-order valence-corrected chi connectivity index (χ3v) is 3.16. The lowest BCUT2D eigenvalue weighted by molar-refractivity contribution is -0.385. The maximum Gasteiger partial charge on any atom is 0.343 e.